The number of rotatable bonds is 5. The molecule has 0 N–H and O–H groups in total. The highest BCUT2D eigenvalue weighted by molar-refractivity contribution is 6.29. The molecule has 1 fully saturated rings. The van der Waals surface area contributed by atoms with E-state index in [2.05, 4.69) is 20.9 Å². The highest BCUT2D eigenvalue weighted by atomic mass is 35.5. The Morgan fingerprint density at radius 2 is 2.22 bits per heavy atom. The summed E-state index contributed by atoms with van der Waals surface area (Å²) in [4.78, 5) is 11.0. The molecule has 5 heteroatoms. The van der Waals surface area contributed by atoms with Crippen LogP contribution in [-0.4, -0.2) is 22.6 Å². The van der Waals surface area contributed by atoms with Crippen molar-refractivity contribution in [1.82, 2.24) is 9.97 Å². The summed E-state index contributed by atoms with van der Waals surface area (Å²) in [6.07, 6.45) is 2.85. The molecule has 0 bridgehead atoms. The molecule has 96 valence electrons. The summed E-state index contributed by atoms with van der Waals surface area (Å²) in [6, 6.07) is 4.50. The number of anilines is 1. The van der Waals surface area contributed by atoms with Crippen LogP contribution in [0.1, 0.15) is 44.9 Å². The molecule has 2 rings (SSSR count). The van der Waals surface area contributed by atoms with Gasteiger partial charge in [-0.1, -0.05) is 25.4 Å². The summed E-state index contributed by atoms with van der Waals surface area (Å²) in [5, 5.41) is 9.20. The molecular formula is C13H17ClN4. The summed E-state index contributed by atoms with van der Waals surface area (Å²) in [7, 11) is 0. The van der Waals surface area contributed by atoms with Gasteiger partial charge in [-0.3, -0.25) is 0 Å². The van der Waals surface area contributed by atoms with Crippen molar-refractivity contribution in [2.75, 3.05) is 11.4 Å². The van der Waals surface area contributed by atoms with E-state index in [0.29, 0.717) is 24.2 Å². The smallest absolute Gasteiger partial charge is 0.135 e. The van der Waals surface area contributed by atoms with Crippen LogP contribution in [0.5, 0.6) is 0 Å². The molecular weight excluding hydrogens is 248 g/mol. The average Bonchev–Trinajstić information content (AvgIpc) is 3.13. The van der Waals surface area contributed by atoms with Gasteiger partial charge in [0.2, 0.25) is 0 Å². The molecule has 0 spiro atoms. The predicted octanol–water partition coefficient (Wildman–Crippen LogP) is 3.14. The highest BCUT2D eigenvalue weighted by Crippen LogP contribution is 2.32. The molecule has 1 aromatic rings. The maximum atomic E-state index is 8.73. The fourth-order valence-electron chi connectivity index (χ4n) is 1.87. The van der Waals surface area contributed by atoms with Gasteiger partial charge in [0, 0.05) is 24.6 Å². The zero-order valence-electron chi connectivity index (χ0n) is 10.7. The summed E-state index contributed by atoms with van der Waals surface area (Å²) in [5.74, 6) is 1.87. The lowest BCUT2D eigenvalue weighted by atomic mass is 10.2. The van der Waals surface area contributed by atoms with Gasteiger partial charge in [0.25, 0.3) is 0 Å². The van der Waals surface area contributed by atoms with Gasteiger partial charge >= 0.3 is 0 Å². The van der Waals surface area contributed by atoms with Gasteiger partial charge in [-0.05, 0) is 12.8 Å². The Kier molecular flexibility index (Phi) is 4.03. The van der Waals surface area contributed by atoms with Crippen molar-refractivity contribution < 1.29 is 0 Å². The van der Waals surface area contributed by atoms with Gasteiger partial charge in [0.1, 0.15) is 16.8 Å². The largest absolute Gasteiger partial charge is 0.352 e. The van der Waals surface area contributed by atoms with Crippen LogP contribution >= 0.6 is 11.6 Å². The van der Waals surface area contributed by atoms with E-state index in [-0.39, 0.29) is 5.92 Å². The third-order valence-corrected chi connectivity index (χ3v) is 3.16. The van der Waals surface area contributed by atoms with E-state index in [1.165, 1.54) is 12.8 Å². The first-order valence-corrected chi connectivity index (χ1v) is 6.67. The van der Waals surface area contributed by atoms with E-state index in [9.17, 15) is 0 Å². The maximum absolute atomic E-state index is 8.73. The summed E-state index contributed by atoms with van der Waals surface area (Å²) >= 11 is 6.05. The Bertz CT molecular complexity index is 463. The van der Waals surface area contributed by atoms with Crippen molar-refractivity contribution in [3.05, 3.63) is 17.0 Å². The number of nitriles is 1. The Balaban J connectivity index is 2.26. The molecule has 0 atom stereocenters. The van der Waals surface area contributed by atoms with E-state index >= 15 is 0 Å². The van der Waals surface area contributed by atoms with Gasteiger partial charge < -0.3 is 4.90 Å². The molecule has 1 aliphatic rings. The third-order valence-electron chi connectivity index (χ3n) is 2.96. The number of nitrogens with zero attached hydrogens (tertiary/aromatic N) is 4. The first kappa shape index (κ1) is 13.1. The van der Waals surface area contributed by atoms with E-state index in [1.54, 1.807) is 6.07 Å². The zero-order chi connectivity index (χ0) is 13.1. The summed E-state index contributed by atoms with van der Waals surface area (Å²) in [6.45, 7) is 4.81. The van der Waals surface area contributed by atoms with Gasteiger partial charge in [0.15, 0.2) is 0 Å². The molecule has 0 aromatic carbocycles. The van der Waals surface area contributed by atoms with Crippen LogP contribution in [0.15, 0.2) is 6.07 Å². The summed E-state index contributed by atoms with van der Waals surface area (Å²) < 4.78 is 0. The van der Waals surface area contributed by atoms with Crippen LogP contribution in [0.3, 0.4) is 0 Å². The summed E-state index contributed by atoms with van der Waals surface area (Å²) in [5.41, 5.74) is 0. The van der Waals surface area contributed by atoms with Crippen LogP contribution in [0.4, 0.5) is 5.82 Å². The standard InChI is InChI=1S/C13H17ClN4/c1-9(2)13-16-11(14)8-12(17-13)18(7-3-6-15)10-4-5-10/h8-10H,3-5,7H2,1-2H3. The second-order valence-electron chi connectivity index (χ2n) is 4.89. The molecule has 1 saturated carbocycles. The number of aromatic nitrogens is 2. The van der Waals surface area contributed by atoms with Crippen molar-refractivity contribution >= 4 is 17.4 Å². The van der Waals surface area contributed by atoms with E-state index in [0.717, 1.165) is 11.6 Å². The van der Waals surface area contributed by atoms with Crippen molar-refractivity contribution in [3.8, 4) is 6.07 Å². The number of halogens is 1. The Morgan fingerprint density at radius 1 is 1.50 bits per heavy atom. The molecule has 0 aliphatic heterocycles. The topological polar surface area (TPSA) is 52.8 Å². The van der Waals surface area contributed by atoms with Crippen LogP contribution in [-0.2, 0) is 0 Å². The third kappa shape index (κ3) is 3.11. The van der Waals surface area contributed by atoms with Gasteiger partial charge in [-0.2, -0.15) is 5.26 Å². The first-order chi connectivity index (χ1) is 8.61. The number of hydrogen-bond donors (Lipinski definition) is 0. The van der Waals surface area contributed by atoms with Crippen molar-refractivity contribution in [2.24, 2.45) is 0 Å². The van der Waals surface area contributed by atoms with Gasteiger partial charge in [-0.25, -0.2) is 9.97 Å². The predicted molar refractivity (Wildman–Crippen MR) is 71.7 cm³/mol. The average molecular weight is 265 g/mol. The Hall–Kier alpha value is -1.34. The SMILES string of the molecule is CC(C)c1nc(Cl)cc(N(CCC#N)C2CC2)n1. The fraction of sp³-hybridized carbons (Fsp3) is 0.615. The molecule has 1 aromatic heterocycles. The van der Waals surface area contributed by atoms with E-state index in [4.69, 9.17) is 16.9 Å². The monoisotopic (exact) mass is 264 g/mol. The van der Waals surface area contributed by atoms with Crippen molar-refractivity contribution in [3.63, 3.8) is 0 Å². The van der Waals surface area contributed by atoms with E-state index < -0.39 is 0 Å². The molecule has 18 heavy (non-hydrogen) atoms. The highest BCUT2D eigenvalue weighted by Gasteiger charge is 2.30. The lowest BCUT2D eigenvalue weighted by molar-refractivity contribution is 0.736. The minimum atomic E-state index is 0.250. The first-order valence-electron chi connectivity index (χ1n) is 6.30. The molecule has 4 nitrogen and oxygen atoms in total. The molecule has 1 aliphatic carbocycles. The number of hydrogen-bond acceptors (Lipinski definition) is 4. The minimum absolute atomic E-state index is 0.250. The molecule has 0 unspecified atom stereocenters. The minimum Gasteiger partial charge on any atom is -0.352 e. The van der Waals surface area contributed by atoms with Crippen LogP contribution in [0.2, 0.25) is 5.15 Å². The normalized spacial score (nSPS) is 14.6. The Morgan fingerprint density at radius 3 is 2.78 bits per heavy atom. The van der Waals surface area contributed by atoms with Crippen molar-refractivity contribution in [1.29, 1.82) is 5.26 Å². The zero-order valence-corrected chi connectivity index (χ0v) is 11.5. The second-order valence-corrected chi connectivity index (χ2v) is 5.28. The quantitative estimate of drug-likeness (QED) is 0.767. The van der Waals surface area contributed by atoms with E-state index in [1.807, 2.05) is 13.8 Å². The van der Waals surface area contributed by atoms with Gasteiger partial charge in [0.05, 0.1) is 12.5 Å². The fourth-order valence-corrected chi connectivity index (χ4v) is 2.05. The Labute approximate surface area is 113 Å². The molecule has 0 radical (unpaired) electrons. The molecule has 0 amide bonds. The van der Waals surface area contributed by atoms with Crippen LogP contribution < -0.4 is 4.90 Å². The lowest BCUT2D eigenvalue weighted by Gasteiger charge is -2.23. The maximum Gasteiger partial charge on any atom is 0.135 e. The molecule has 0 saturated heterocycles. The molecule has 1 heterocycles. The lowest BCUT2D eigenvalue weighted by Crippen LogP contribution is -2.28. The second kappa shape index (κ2) is 5.53. The van der Waals surface area contributed by atoms with Gasteiger partial charge in [-0.15, -0.1) is 0 Å². The van der Waals surface area contributed by atoms with Crippen LogP contribution in [0.25, 0.3) is 0 Å². The van der Waals surface area contributed by atoms with Crippen LogP contribution in [0, 0.1) is 11.3 Å². The van der Waals surface area contributed by atoms with Crippen molar-refractivity contribution in [2.45, 2.75) is 45.1 Å².